The van der Waals surface area contributed by atoms with E-state index in [-0.39, 0.29) is 0 Å². The first-order valence-corrected chi connectivity index (χ1v) is 9.04. The van der Waals surface area contributed by atoms with E-state index in [9.17, 15) is 4.79 Å². The third-order valence-electron chi connectivity index (χ3n) is 5.40. The van der Waals surface area contributed by atoms with Crippen molar-refractivity contribution in [1.29, 1.82) is 0 Å². The highest BCUT2D eigenvalue weighted by molar-refractivity contribution is 5.79. The van der Waals surface area contributed by atoms with Crippen LogP contribution in [0.3, 0.4) is 0 Å². The van der Waals surface area contributed by atoms with Gasteiger partial charge in [0.15, 0.2) is 0 Å². The molecule has 1 saturated carbocycles. The summed E-state index contributed by atoms with van der Waals surface area (Å²) >= 11 is 0. The molecule has 0 spiro atoms. The van der Waals surface area contributed by atoms with Crippen molar-refractivity contribution in [3.63, 3.8) is 0 Å². The Balaban J connectivity index is 1.50. The Kier molecular flexibility index (Phi) is 5.21. The van der Waals surface area contributed by atoms with Gasteiger partial charge in [0, 0.05) is 52.8 Å². The summed E-state index contributed by atoms with van der Waals surface area (Å²) < 4.78 is 0. The molecule has 3 rings (SSSR count). The van der Waals surface area contributed by atoms with Crippen molar-refractivity contribution in [2.45, 2.75) is 32.1 Å². The molecule has 1 aliphatic heterocycles. The molecular weight excluding hydrogens is 302 g/mol. The van der Waals surface area contributed by atoms with Gasteiger partial charge in [-0.25, -0.2) is 9.97 Å². The molecule has 0 atom stereocenters. The molecule has 0 bridgehead atoms. The normalized spacial score (nSPS) is 19.0. The molecule has 6 nitrogen and oxygen atoms in total. The van der Waals surface area contributed by atoms with Crippen molar-refractivity contribution in [3.8, 4) is 0 Å². The van der Waals surface area contributed by atoms with E-state index in [2.05, 4.69) is 14.9 Å². The van der Waals surface area contributed by atoms with E-state index in [0.29, 0.717) is 17.7 Å². The number of nitrogens with zero attached hydrogens (tertiary/aromatic N) is 5. The Morgan fingerprint density at radius 3 is 2.46 bits per heavy atom. The first-order valence-electron chi connectivity index (χ1n) is 9.04. The lowest BCUT2D eigenvalue weighted by atomic mass is 9.84. The van der Waals surface area contributed by atoms with E-state index in [4.69, 9.17) is 0 Å². The second-order valence-corrected chi connectivity index (χ2v) is 7.41. The highest BCUT2D eigenvalue weighted by Crippen LogP contribution is 2.29. The average Bonchev–Trinajstić information content (AvgIpc) is 2.54. The van der Waals surface area contributed by atoms with Crippen LogP contribution in [0.2, 0.25) is 0 Å². The van der Waals surface area contributed by atoms with Crippen LogP contribution in [0.25, 0.3) is 0 Å². The number of anilines is 2. The smallest absolute Gasteiger partial charge is 0.225 e. The van der Waals surface area contributed by atoms with Gasteiger partial charge >= 0.3 is 0 Å². The summed E-state index contributed by atoms with van der Waals surface area (Å²) in [7, 11) is 5.96. The standard InChI is InChI=1S/C18H29N5O/c1-21(2)16-11-17(20-13-19-16)23-9-7-14(8-10-23)12-22(3)18(24)15-5-4-6-15/h11,13-15H,4-10,12H2,1-3H3. The van der Waals surface area contributed by atoms with E-state index in [1.165, 1.54) is 6.42 Å². The predicted octanol–water partition coefficient (Wildman–Crippen LogP) is 2.02. The van der Waals surface area contributed by atoms with E-state index >= 15 is 0 Å². The van der Waals surface area contributed by atoms with E-state index in [1.807, 2.05) is 37.0 Å². The summed E-state index contributed by atoms with van der Waals surface area (Å²) in [4.78, 5) is 27.3. The first kappa shape index (κ1) is 17.0. The van der Waals surface area contributed by atoms with Crippen molar-refractivity contribution >= 4 is 17.5 Å². The molecule has 0 aromatic carbocycles. The zero-order valence-electron chi connectivity index (χ0n) is 15.1. The van der Waals surface area contributed by atoms with Crippen LogP contribution in [-0.2, 0) is 4.79 Å². The summed E-state index contributed by atoms with van der Waals surface area (Å²) in [6.07, 6.45) is 7.26. The Morgan fingerprint density at radius 2 is 1.88 bits per heavy atom. The van der Waals surface area contributed by atoms with Crippen molar-refractivity contribution in [2.75, 3.05) is 50.6 Å². The monoisotopic (exact) mass is 331 g/mol. The molecule has 2 fully saturated rings. The average molecular weight is 331 g/mol. The molecule has 1 aliphatic carbocycles. The maximum Gasteiger partial charge on any atom is 0.225 e. The molecular formula is C18H29N5O. The van der Waals surface area contributed by atoms with Crippen LogP contribution < -0.4 is 9.80 Å². The summed E-state index contributed by atoms with van der Waals surface area (Å²) in [6.45, 7) is 2.90. The van der Waals surface area contributed by atoms with Gasteiger partial charge in [-0.05, 0) is 31.6 Å². The van der Waals surface area contributed by atoms with Crippen LogP contribution in [0, 0.1) is 11.8 Å². The molecule has 1 aromatic rings. The first-order chi connectivity index (χ1) is 11.5. The van der Waals surface area contributed by atoms with Gasteiger partial charge in [0.1, 0.15) is 18.0 Å². The molecule has 24 heavy (non-hydrogen) atoms. The van der Waals surface area contributed by atoms with Gasteiger partial charge in [-0.3, -0.25) is 4.79 Å². The molecule has 1 amide bonds. The largest absolute Gasteiger partial charge is 0.363 e. The fraction of sp³-hybridized carbons (Fsp3) is 0.722. The van der Waals surface area contributed by atoms with E-state index in [1.54, 1.807) is 6.33 Å². The second-order valence-electron chi connectivity index (χ2n) is 7.41. The molecule has 0 N–H and O–H groups in total. The summed E-state index contributed by atoms with van der Waals surface area (Å²) in [5.74, 6) is 3.21. The lowest BCUT2D eigenvalue weighted by Crippen LogP contribution is -2.42. The minimum absolute atomic E-state index is 0.306. The van der Waals surface area contributed by atoms with Crippen molar-refractivity contribution in [1.82, 2.24) is 14.9 Å². The number of amides is 1. The highest BCUT2D eigenvalue weighted by Gasteiger charge is 2.29. The molecule has 1 aromatic heterocycles. The van der Waals surface area contributed by atoms with Crippen molar-refractivity contribution in [3.05, 3.63) is 12.4 Å². The lowest BCUT2D eigenvalue weighted by Gasteiger charge is -2.36. The molecule has 2 heterocycles. The second kappa shape index (κ2) is 7.36. The molecule has 132 valence electrons. The van der Waals surface area contributed by atoms with E-state index < -0.39 is 0 Å². The minimum atomic E-state index is 0.306. The van der Waals surface area contributed by atoms with Crippen LogP contribution in [0.5, 0.6) is 0 Å². The number of carbonyl (C=O) groups excluding carboxylic acids is 1. The van der Waals surface area contributed by atoms with Gasteiger partial charge < -0.3 is 14.7 Å². The Morgan fingerprint density at radius 1 is 1.17 bits per heavy atom. The SMILES string of the molecule is CN(CC1CCN(c2cc(N(C)C)ncn2)CC1)C(=O)C1CCC1. The zero-order valence-corrected chi connectivity index (χ0v) is 15.1. The molecule has 0 radical (unpaired) electrons. The quantitative estimate of drug-likeness (QED) is 0.826. The fourth-order valence-corrected chi connectivity index (χ4v) is 3.54. The fourth-order valence-electron chi connectivity index (χ4n) is 3.54. The maximum atomic E-state index is 12.3. The number of aromatic nitrogens is 2. The molecule has 6 heteroatoms. The molecule has 1 saturated heterocycles. The number of hydrogen-bond donors (Lipinski definition) is 0. The Hall–Kier alpha value is -1.85. The number of hydrogen-bond acceptors (Lipinski definition) is 5. The summed E-state index contributed by atoms with van der Waals surface area (Å²) in [5, 5.41) is 0. The number of piperidine rings is 1. The zero-order chi connectivity index (χ0) is 17.1. The minimum Gasteiger partial charge on any atom is -0.363 e. The van der Waals surface area contributed by atoms with Crippen LogP contribution in [0.1, 0.15) is 32.1 Å². The van der Waals surface area contributed by atoms with Crippen LogP contribution in [-0.4, -0.2) is 61.6 Å². The number of carbonyl (C=O) groups is 1. The predicted molar refractivity (Wildman–Crippen MR) is 96.3 cm³/mol. The Bertz CT molecular complexity index is 564. The van der Waals surface area contributed by atoms with Gasteiger partial charge in [0.25, 0.3) is 0 Å². The van der Waals surface area contributed by atoms with Gasteiger partial charge in [-0.2, -0.15) is 0 Å². The summed E-state index contributed by atoms with van der Waals surface area (Å²) in [6, 6.07) is 2.05. The van der Waals surface area contributed by atoms with Crippen LogP contribution in [0.15, 0.2) is 12.4 Å². The summed E-state index contributed by atoms with van der Waals surface area (Å²) in [5.41, 5.74) is 0. The maximum absolute atomic E-state index is 12.3. The van der Waals surface area contributed by atoms with Crippen LogP contribution in [0.4, 0.5) is 11.6 Å². The third kappa shape index (κ3) is 3.79. The Labute approximate surface area is 144 Å². The highest BCUT2D eigenvalue weighted by atomic mass is 16.2. The van der Waals surface area contributed by atoms with Gasteiger partial charge in [0.05, 0.1) is 0 Å². The van der Waals surface area contributed by atoms with Gasteiger partial charge in [-0.1, -0.05) is 6.42 Å². The van der Waals surface area contributed by atoms with E-state index in [0.717, 1.165) is 57.0 Å². The van der Waals surface area contributed by atoms with Gasteiger partial charge in [-0.15, -0.1) is 0 Å². The van der Waals surface area contributed by atoms with Crippen molar-refractivity contribution in [2.24, 2.45) is 11.8 Å². The van der Waals surface area contributed by atoms with Crippen LogP contribution >= 0.6 is 0 Å². The lowest BCUT2D eigenvalue weighted by molar-refractivity contribution is -0.137. The van der Waals surface area contributed by atoms with Gasteiger partial charge in [0.2, 0.25) is 5.91 Å². The molecule has 0 unspecified atom stereocenters. The number of rotatable bonds is 5. The van der Waals surface area contributed by atoms with Crippen molar-refractivity contribution < 1.29 is 4.79 Å². The third-order valence-corrected chi connectivity index (χ3v) is 5.40. The molecule has 2 aliphatic rings. The topological polar surface area (TPSA) is 52.6 Å².